The molecule has 0 atom stereocenters. The van der Waals surface area contributed by atoms with Gasteiger partial charge in [-0.3, -0.25) is 14.4 Å². The average Bonchev–Trinajstić information content (AvgIpc) is 3.64. The first-order valence-corrected chi connectivity index (χ1v) is 16.6. The highest BCUT2D eigenvalue weighted by Gasteiger charge is 2.31. The number of halogens is 1. The lowest BCUT2D eigenvalue weighted by Crippen LogP contribution is -2.51. The van der Waals surface area contributed by atoms with Gasteiger partial charge in [-0.05, 0) is 84.3 Å². The van der Waals surface area contributed by atoms with Gasteiger partial charge in [-0.1, -0.05) is 6.07 Å². The SMILES string of the molecule is CC(C)n1c(=O)c2cnc(Nc3cnn([C@H]4CC[C@H](N5CCN(CC6CC6)CC5)CC4)c3)nc2n1-c1cccc(C(C)(C)F)n1. The summed E-state index contributed by atoms with van der Waals surface area (Å²) in [5.74, 6) is 1.75. The van der Waals surface area contributed by atoms with Gasteiger partial charge in [0.1, 0.15) is 11.1 Å². The third-order valence-electron chi connectivity index (χ3n) is 9.71. The standard InChI is InChI=1S/C33H45FN10O/c1-22(2)43-31(45)27-19-35-32(39-30(27)44(43)29-7-5-6-28(38-29)33(3,4)34)37-24-18-36-42(21-24)26-12-10-25(11-13-26)41-16-14-40(15-17-41)20-23-8-9-23/h5-7,18-19,21-23,25-26H,8-17,20H2,1-4H3,(H,35,37,39)/t25-,26-. The van der Waals surface area contributed by atoms with Gasteiger partial charge < -0.3 is 10.2 Å². The van der Waals surface area contributed by atoms with E-state index in [1.807, 2.05) is 20.0 Å². The molecule has 2 saturated carbocycles. The van der Waals surface area contributed by atoms with E-state index in [-0.39, 0.29) is 17.3 Å². The van der Waals surface area contributed by atoms with Crippen LogP contribution in [0.25, 0.3) is 16.9 Å². The maximum absolute atomic E-state index is 14.8. The van der Waals surface area contributed by atoms with E-state index in [0.29, 0.717) is 34.9 Å². The Morgan fingerprint density at radius 2 is 1.71 bits per heavy atom. The van der Waals surface area contributed by atoms with E-state index in [4.69, 9.17) is 10.1 Å². The van der Waals surface area contributed by atoms with Gasteiger partial charge in [0.25, 0.3) is 5.56 Å². The number of alkyl halides is 1. The molecule has 3 aliphatic rings. The summed E-state index contributed by atoms with van der Waals surface area (Å²) in [6.07, 6.45) is 12.9. The molecule has 0 spiro atoms. The summed E-state index contributed by atoms with van der Waals surface area (Å²) in [6, 6.07) is 6.03. The lowest BCUT2D eigenvalue weighted by atomic mass is 9.90. The molecule has 4 aromatic heterocycles. The molecule has 45 heavy (non-hydrogen) atoms. The summed E-state index contributed by atoms with van der Waals surface area (Å²) < 4.78 is 20.1. The summed E-state index contributed by atoms with van der Waals surface area (Å²) >= 11 is 0. The first-order chi connectivity index (χ1) is 21.6. The molecule has 3 fully saturated rings. The highest BCUT2D eigenvalue weighted by Crippen LogP contribution is 2.33. The third kappa shape index (κ3) is 6.27. The fraction of sp³-hybridized carbons (Fsp3) is 0.606. The van der Waals surface area contributed by atoms with Gasteiger partial charge in [-0.2, -0.15) is 10.1 Å². The predicted molar refractivity (Wildman–Crippen MR) is 173 cm³/mol. The van der Waals surface area contributed by atoms with E-state index in [2.05, 4.69) is 29.8 Å². The summed E-state index contributed by atoms with van der Waals surface area (Å²) in [5, 5.41) is 8.35. The molecule has 0 radical (unpaired) electrons. The van der Waals surface area contributed by atoms with Crippen LogP contribution in [0, 0.1) is 5.92 Å². The number of nitrogens with zero attached hydrogens (tertiary/aromatic N) is 9. The van der Waals surface area contributed by atoms with Crippen molar-refractivity contribution >= 4 is 22.7 Å². The Bertz CT molecular complexity index is 1700. The summed E-state index contributed by atoms with van der Waals surface area (Å²) in [5.41, 5.74) is -0.369. The normalized spacial score (nSPS) is 22.0. The molecule has 11 nitrogen and oxygen atoms in total. The zero-order valence-electron chi connectivity index (χ0n) is 26.9. The predicted octanol–water partition coefficient (Wildman–Crippen LogP) is 5.21. The van der Waals surface area contributed by atoms with Crippen LogP contribution in [0.4, 0.5) is 16.0 Å². The molecule has 0 unspecified atom stereocenters. The highest BCUT2D eigenvalue weighted by molar-refractivity contribution is 5.77. The smallest absolute Gasteiger partial charge is 0.278 e. The molecule has 240 valence electrons. The van der Waals surface area contributed by atoms with Crippen LogP contribution in [0.2, 0.25) is 0 Å². The van der Waals surface area contributed by atoms with Crippen molar-refractivity contribution in [2.24, 2.45) is 5.92 Å². The minimum absolute atomic E-state index is 0.183. The second-order valence-corrected chi connectivity index (χ2v) is 13.9. The van der Waals surface area contributed by atoms with Gasteiger partial charge in [0.2, 0.25) is 5.95 Å². The fourth-order valence-corrected chi connectivity index (χ4v) is 7.01. The first kappa shape index (κ1) is 30.0. The Kier molecular flexibility index (Phi) is 7.97. The van der Waals surface area contributed by atoms with Crippen molar-refractivity contribution in [3.05, 3.63) is 52.8 Å². The maximum atomic E-state index is 14.8. The second-order valence-electron chi connectivity index (χ2n) is 13.9. The van der Waals surface area contributed by atoms with Crippen LogP contribution in [0.3, 0.4) is 0 Å². The van der Waals surface area contributed by atoms with E-state index in [1.54, 1.807) is 40.0 Å². The molecule has 1 saturated heterocycles. The molecule has 0 amide bonds. The van der Waals surface area contributed by atoms with Crippen LogP contribution in [0.1, 0.15) is 84.0 Å². The van der Waals surface area contributed by atoms with Gasteiger partial charge in [0.05, 0.1) is 23.6 Å². The van der Waals surface area contributed by atoms with Crippen molar-refractivity contribution < 1.29 is 4.39 Å². The van der Waals surface area contributed by atoms with Crippen LogP contribution in [0.15, 0.2) is 41.6 Å². The van der Waals surface area contributed by atoms with Crippen molar-refractivity contribution in [2.45, 2.75) is 90.0 Å². The lowest BCUT2D eigenvalue weighted by Gasteiger charge is -2.42. The van der Waals surface area contributed by atoms with E-state index in [1.165, 1.54) is 72.3 Å². The Morgan fingerprint density at radius 1 is 0.978 bits per heavy atom. The van der Waals surface area contributed by atoms with Gasteiger partial charge >= 0.3 is 0 Å². The van der Waals surface area contributed by atoms with Crippen molar-refractivity contribution in [1.29, 1.82) is 0 Å². The Morgan fingerprint density at radius 3 is 2.40 bits per heavy atom. The van der Waals surface area contributed by atoms with E-state index >= 15 is 0 Å². The second kappa shape index (κ2) is 11.9. The first-order valence-electron chi connectivity index (χ1n) is 16.6. The molecule has 1 N–H and O–H groups in total. The largest absolute Gasteiger partial charge is 0.321 e. The number of aromatic nitrogens is 7. The molecular formula is C33H45FN10O. The van der Waals surface area contributed by atoms with Crippen LogP contribution in [-0.4, -0.2) is 82.7 Å². The van der Waals surface area contributed by atoms with E-state index < -0.39 is 5.67 Å². The summed E-state index contributed by atoms with van der Waals surface area (Å²) in [4.78, 5) is 32.6. The highest BCUT2D eigenvalue weighted by atomic mass is 19.1. The lowest BCUT2D eigenvalue weighted by molar-refractivity contribution is 0.0685. The summed E-state index contributed by atoms with van der Waals surface area (Å²) in [7, 11) is 0. The van der Waals surface area contributed by atoms with Gasteiger partial charge in [-0.25, -0.2) is 23.7 Å². The van der Waals surface area contributed by atoms with E-state index in [9.17, 15) is 9.18 Å². The van der Waals surface area contributed by atoms with Gasteiger partial charge in [0, 0.05) is 57.2 Å². The number of piperazine rings is 1. The van der Waals surface area contributed by atoms with Gasteiger partial charge in [-0.15, -0.1) is 0 Å². The summed E-state index contributed by atoms with van der Waals surface area (Å²) in [6.45, 7) is 12.9. The number of fused-ring (bicyclic) bond motifs is 1. The molecule has 4 aromatic rings. The zero-order chi connectivity index (χ0) is 31.3. The molecule has 7 rings (SSSR count). The zero-order valence-corrected chi connectivity index (χ0v) is 26.9. The number of pyridine rings is 1. The molecule has 0 aromatic carbocycles. The molecule has 0 bridgehead atoms. The molecule has 1 aliphatic heterocycles. The van der Waals surface area contributed by atoms with E-state index in [0.717, 1.165) is 24.4 Å². The van der Waals surface area contributed by atoms with Crippen LogP contribution in [0.5, 0.6) is 0 Å². The number of rotatable bonds is 9. The number of hydrogen-bond acceptors (Lipinski definition) is 8. The Balaban J connectivity index is 1.05. The molecule has 5 heterocycles. The van der Waals surface area contributed by atoms with Crippen molar-refractivity contribution in [2.75, 3.05) is 38.0 Å². The maximum Gasteiger partial charge on any atom is 0.278 e. The Labute approximate surface area is 263 Å². The van der Waals surface area contributed by atoms with Crippen molar-refractivity contribution in [3.8, 4) is 5.82 Å². The minimum atomic E-state index is -1.63. The molecular weight excluding hydrogens is 571 g/mol. The fourth-order valence-electron chi connectivity index (χ4n) is 7.01. The van der Waals surface area contributed by atoms with Crippen LogP contribution in [-0.2, 0) is 5.67 Å². The Hall–Kier alpha value is -3.64. The van der Waals surface area contributed by atoms with Crippen molar-refractivity contribution in [1.82, 2.24) is 43.9 Å². The quantitative estimate of drug-likeness (QED) is 0.273. The minimum Gasteiger partial charge on any atom is -0.321 e. The molecule has 2 aliphatic carbocycles. The average molecular weight is 617 g/mol. The topological polar surface area (TPSA) is 102 Å². The van der Waals surface area contributed by atoms with Crippen molar-refractivity contribution in [3.63, 3.8) is 0 Å². The third-order valence-corrected chi connectivity index (χ3v) is 9.71. The van der Waals surface area contributed by atoms with Crippen LogP contribution >= 0.6 is 0 Å². The monoisotopic (exact) mass is 616 g/mol. The molecule has 12 heteroatoms. The van der Waals surface area contributed by atoms with Gasteiger partial charge in [0.15, 0.2) is 11.5 Å². The number of hydrogen-bond donors (Lipinski definition) is 1. The number of anilines is 2. The number of nitrogens with one attached hydrogen (secondary N) is 1. The van der Waals surface area contributed by atoms with Crippen LogP contribution < -0.4 is 10.9 Å².